The predicted molar refractivity (Wildman–Crippen MR) is 443 cm³/mol. The van der Waals surface area contributed by atoms with Crippen LogP contribution in [0.5, 0.6) is 0 Å². The fourth-order valence-electron chi connectivity index (χ4n) is 10.4. The Kier molecular flexibility index (Phi) is 46.9. The molecule has 0 fully saturated rings. The molecule has 4 rings (SSSR count). The molecule has 0 saturated heterocycles. The van der Waals surface area contributed by atoms with E-state index >= 15 is 0 Å². The number of alkyl carbamates (subject to hydrolysis) is 2. The zero-order valence-corrected chi connectivity index (χ0v) is 71.9. The molecule has 107 heavy (non-hydrogen) atoms. The lowest BCUT2D eigenvalue weighted by atomic mass is 9.98. The number of thioether (sulfide) groups is 4. The van der Waals surface area contributed by atoms with Crippen LogP contribution >= 0.6 is 58.4 Å². The Morgan fingerprint density at radius 2 is 1.07 bits per heavy atom. The van der Waals surface area contributed by atoms with E-state index in [2.05, 4.69) is 104 Å². The SMILES string of the molecule is C/C=C(\NC(=O)c1csc(CNC(=O)OC(C)(C)C)n1)C(=O)N[C@@H](CCSC)C(=O)O[C@H](/C=C/CCSC(=O)CCCCCCC)CC(=O)OCC[Si](C)(C)C.CCCCCCCC(=O)SCC/C=C/[C@H](CC(=O)OCC[Si](C)(C)C)OC(=O)[C@H](CCSC)NC(=O)OCC1c2ccccc2-c2ccccc21. The van der Waals surface area contributed by atoms with Gasteiger partial charge in [0, 0.05) is 51.8 Å². The first-order chi connectivity index (χ1) is 50.9. The monoisotopic (exact) mass is 1610 g/mol. The van der Waals surface area contributed by atoms with Gasteiger partial charge in [-0.15, -0.1) is 11.3 Å². The third-order valence-corrected chi connectivity index (χ3v) is 23.8. The second kappa shape index (κ2) is 52.8. The summed E-state index contributed by atoms with van der Waals surface area (Å²) in [7, 11) is -2.84. The number of nitrogens with zero attached hydrogens (tertiary/aromatic N) is 1. The van der Waals surface area contributed by atoms with Crippen LogP contribution in [-0.4, -0.2) is 164 Å². The zero-order valence-electron chi connectivity index (χ0n) is 65.8. The predicted octanol–water partition coefficient (Wildman–Crippen LogP) is 17.2. The lowest BCUT2D eigenvalue weighted by Gasteiger charge is -2.22. The van der Waals surface area contributed by atoms with Crippen molar-refractivity contribution < 1.29 is 76.4 Å². The molecule has 4 atom stereocenters. The van der Waals surface area contributed by atoms with Crippen LogP contribution in [0, 0.1) is 0 Å². The topological polar surface area (TPSA) is 287 Å². The maximum Gasteiger partial charge on any atom is 0.408 e. The van der Waals surface area contributed by atoms with Crippen molar-refractivity contribution in [3.63, 3.8) is 0 Å². The van der Waals surface area contributed by atoms with Gasteiger partial charge in [0.25, 0.3) is 11.8 Å². The van der Waals surface area contributed by atoms with Crippen molar-refractivity contribution in [2.45, 2.75) is 251 Å². The molecule has 1 aromatic heterocycles. The van der Waals surface area contributed by atoms with Crippen molar-refractivity contribution in [1.82, 2.24) is 26.3 Å². The van der Waals surface area contributed by atoms with Crippen molar-refractivity contribution >= 4 is 133 Å². The summed E-state index contributed by atoms with van der Waals surface area (Å²) >= 11 is 6.76. The number of nitrogens with one attached hydrogen (secondary N) is 4. The van der Waals surface area contributed by atoms with Crippen molar-refractivity contribution in [2.75, 3.05) is 55.3 Å². The first-order valence-corrected chi connectivity index (χ1v) is 50.6. The highest BCUT2D eigenvalue weighted by atomic mass is 32.2. The van der Waals surface area contributed by atoms with E-state index in [4.69, 9.17) is 28.4 Å². The Labute approximate surface area is 659 Å². The van der Waals surface area contributed by atoms with E-state index < -0.39 is 93.9 Å². The van der Waals surface area contributed by atoms with Crippen molar-refractivity contribution in [3.05, 3.63) is 112 Å². The van der Waals surface area contributed by atoms with Gasteiger partial charge in [0.15, 0.2) is 10.2 Å². The number of fused-ring (bicyclic) bond motifs is 3. The highest BCUT2D eigenvalue weighted by Gasteiger charge is 2.33. The molecule has 1 heterocycles. The number of rotatable bonds is 49. The minimum absolute atomic E-state index is 0.0398. The standard InChI is InChI=1S/C40H57NO7S2Si.C39H64N4O9S3Si/c1-6-7-8-9-10-22-38(43)50-25-16-15-17-30(28-37(42)46-24-27-51(3,4)5)48-39(44)36(23-26-49-2)41-40(45)47-29-35-33-20-13-11-18-31(33)32-19-12-14-21-34(32)35;1-10-12-13-14-15-19-34(45)54-22-17-16-18-28(25-33(44)50-21-24-56(7,8)9)51-37(48)30(20-23-53-6)43-35(46)29(11-2)42-36(47)31-27-55-32(41-31)26-40-38(49)52-39(3,4)5/h11-15,17-21,30,35-36H,6-10,16,22-29H2,1-5H3,(H,41,45);11,16,18,27-28,30H,10,12-15,17,19-26H2,1-9H3,(H,40,49)(H,42,47)(H,43,46)/b17-15+;18-16+,29-11-/t30-,36+;28-,30+/m11/s1. The van der Waals surface area contributed by atoms with Gasteiger partial charge in [-0.25, -0.2) is 24.2 Å². The first-order valence-electron chi connectivity index (χ1n) is 37.5. The van der Waals surface area contributed by atoms with Gasteiger partial charge in [0.05, 0.1) is 32.6 Å². The summed E-state index contributed by atoms with van der Waals surface area (Å²) in [6.07, 6.45) is 22.4. The molecule has 0 bridgehead atoms. The Hall–Kier alpha value is -6.18. The van der Waals surface area contributed by atoms with Crippen LogP contribution in [-0.2, 0) is 68.5 Å². The number of carbonyl (C=O) groups excluding carboxylic acids is 10. The molecule has 0 radical (unpaired) electrons. The van der Waals surface area contributed by atoms with Crippen molar-refractivity contribution in [2.24, 2.45) is 0 Å². The molecule has 21 nitrogen and oxygen atoms in total. The Bertz CT molecular complexity index is 3300. The molecule has 0 aliphatic heterocycles. The van der Waals surface area contributed by atoms with Crippen molar-refractivity contribution in [1.29, 1.82) is 0 Å². The van der Waals surface area contributed by atoms with Crippen LogP contribution in [0.25, 0.3) is 11.1 Å². The summed E-state index contributed by atoms with van der Waals surface area (Å²) < 4.78 is 33.6. The first kappa shape index (κ1) is 95.0. The fraction of sp³-hybridized carbons (Fsp3) is 0.608. The zero-order chi connectivity index (χ0) is 79.2. The summed E-state index contributed by atoms with van der Waals surface area (Å²) in [6, 6.07) is 15.8. The van der Waals surface area contributed by atoms with E-state index in [1.54, 1.807) is 57.7 Å². The number of ether oxygens (including phenoxy) is 6. The van der Waals surface area contributed by atoms with E-state index in [-0.39, 0.29) is 66.6 Å². The Balaban J connectivity index is 0.000000557. The second-order valence-electron chi connectivity index (χ2n) is 29.4. The summed E-state index contributed by atoms with van der Waals surface area (Å²) in [5.41, 5.74) is 3.73. The van der Waals surface area contributed by atoms with Crippen LogP contribution in [0.2, 0.25) is 51.4 Å². The molecule has 1 aliphatic carbocycles. The van der Waals surface area contributed by atoms with Crippen LogP contribution in [0.3, 0.4) is 0 Å². The molecule has 0 spiro atoms. The van der Waals surface area contributed by atoms with Gasteiger partial charge < -0.3 is 49.7 Å². The largest absolute Gasteiger partial charge is 0.466 e. The Morgan fingerprint density at radius 3 is 1.52 bits per heavy atom. The normalized spacial score (nSPS) is 13.4. The summed E-state index contributed by atoms with van der Waals surface area (Å²) in [4.78, 5) is 133. The van der Waals surface area contributed by atoms with E-state index in [1.165, 1.54) is 66.0 Å². The number of esters is 4. The van der Waals surface area contributed by atoms with Gasteiger partial charge in [0.2, 0.25) is 0 Å². The number of unbranched alkanes of at least 4 members (excludes halogenated alkanes) is 8. The number of aromatic nitrogens is 1. The molecule has 4 N–H and O–H groups in total. The lowest BCUT2D eigenvalue weighted by Crippen LogP contribution is -2.46. The number of hydrogen-bond donors (Lipinski definition) is 4. The maximum atomic E-state index is 13.6. The average molecular weight is 1610 g/mol. The molecule has 4 amide bonds. The number of carbonyl (C=O) groups is 10. The molecule has 0 unspecified atom stereocenters. The second-order valence-corrected chi connectivity index (χ2v) is 45.8. The van der Waals surface area contributed by atoms with Gasteiger partial charge in [0.1, 0.15) is 52.9 Å². The van der Waals surface area contributed by atoms with Gasteiger partial charge in [-0.2, -0.15) is 23.5 Å². The lowest BCUT2D eigenvalue weighted by molar-refractivity contribution is -0.156. The van der Waals surface area contributed by atoms with Crippen molar-refractivity contribution in [3.8, 4) is 11.1 Å². The quantitative estimate of drug-likeness (QED) is 0.0102. The molecule has 3 aromatic rings. The number of hydrogen-bond acceptors (Lipinski definition) is 22. The van der Waals surface area contributed by atoms with Crippen LogP contribution in [0.15, 0.2) is 90.0 Å². The molecule has 0 saturated carbocycles. The molecular formula is C79H121N5O16S5Si2. The minimum Gasteiger partial charge on any atom is -0.466 e. The summed E-state index contributed by atoms with van der Waals surface area (Å²) in [5.74, 6) is -1.54. The van der Waals surface area contributed by atoms with Crippen LogP contribution in [0.4, 0.5) is 9.59 Å². The van der Waals surface area contributed by atoms with E-state index in [1.807, 2.05) is 42.9 Å². The highest BCUT2D eigenvalue weighted by Crippen LogP contribution is 2.44. The van der Waals surface area contributed by atoms with Gasteiger partial charge in [-0.05, 0) is 137 Å². The fourth-order valence-corrected chi connectivity index (χ4v) is 15.0. The van der Waals surface area contributed by atoms with Gasteiger partial charge in [-0.3, -0.25) is 28.8 Å². The van der Waals surface area contributed by atoms with Crippen LogP contribution in [0.1, 0.15) is 190 Å². The minimum atomic E-state index is -1.44. The molecule has 1 aliphatic rings. The van der Waals surface area contributed by atoms with E-state index in [0.29, 0.717) is 66.7 Å². The molecule has 2 aromatic carbocycles. The van der Waals surface area contributed by atoms with Crippen LogP contribution < -0.4 is 21.3 Å². The number of amides is 4. The smallest absolute Gasteiger partial charge is 0.408 e. The third kappa shape index (κ3) is 42.6. The van der Waals surface area contributed by atoms with Gasteiger partial charge >= 0.3 is 36.1 Å². The number of thiazole rings is 1. The number of benzene rings is 2. The molecule has 28 heteroatoms. The van der Waals surface area contributed by atoms with E-state index in [0.717, 1.165) is 90.6 Å². The van der Waals surface area contributed by atoms with Gasteiger partial charge in [-0.1, -0.05) is 195 Å². The summed E-state index contributed by atoms with van der Waals surface area (Å²) in [6.45, 7) is 25.1. The number of allylic oxidation sites excluding steroid dienone is 3. The summed E-state index contributed by atoms with van der Waals surface area (Å²) in [5, 5.41) is 12.8. The molecular weight excluding hydrogens is 1490 g/mol. The third-order valence-electron chi connectivity index (χ3n) is 16.3. The highest BCUT2D eigenvalue weighted by molar-refractivity contribution is 8.13. The molecule has 596 valence electrons. The maximum absolute atomic E-state index is 13.6. The Morgan fingerprint density at radius 1 is 0.607 bits per heavy atom. The average Bonchev–Trinajstić information content (AvgIpc) is 1.62. The van der Waals surface area contributed by atoms with E-state index in [9.17, 15) is 47.9 Å².